The maximum atomic E-state index is 13.2. The van der Waals surface area contributed by atoms with Crippen LogP contribution in [0, 0.1) is 6.92 Å². The maximum absolute atomic E-state index is 13.2. The van der Waals surface area contributed by atoms with E-state index in [2.05, 4.69) is 67.7 Å². The highest BCUT2D eigenvalue weighted by Crippen LogP contribution is 2.44. The minimum Gasteiger partial charge on any atom is -0.466 e. The number of hydrogen-bond acceptors (Lipinski definition) is 7. The number of methoxy groups -OCH3 is 1. The molecule has 11 heteroatoms. The summed E-state index contributed by atoms with van der Waals surface area (Å²) in [4.78, 5) is 38.2. The minimum absolute atomic E-state index is 0.0277. The van der Waals surface area contributed by atoms with Crippen LogP contribution in [0.4, 0.5) is 0 Å². The number of esters is 1. The van der Waals surface area contributed by atoms with E-state index in [1.165, 1.54) is 31.0 Å². The zero-order chi connectivity index (χ0) is 28.7. The Morgan fingerprint density at radius 3 is 2.08 bits per heavy atom. The number of rotatable bonds is 7. The van der Waals surface area contributed by atoms with E-state index in [4.69, 9.17) is 18.3 Å². The summed E-state index contributed by atoms with van der Waals surface area (Å²) in [6.07, 6.45) is 0.623. The van der Waals surface area contributed by atoms with Crippen molar-refractivity contribution in [1.82, 2.24) is 9.13 Å². The Bertz CT molecular complexity index is 1150. The molecule has 1 aliphatic heterocycles. The molecule has 9 nitrogen and oxygen atoms in total. The first-order valence-corrected chi connectivity index (χ1v) is 18.5. The third kappa shape index (κ3) is 6.62. The molecule has 0 radical (unpaired) electrons. The van der Waals surface area contributed by atoms with Crippen LogP contribution in [-0.4, -0.2) is 57.7 Å². The summed E-state index contributed by atoms with van der Waals surface area (Å²) in [5, 5.41) is -0.173. The Labute approximate surface area is 223 Å². The van der Waals surface area contributed by atoms with Crippen LogP contribution >= 0.6 is 0 Å². The van der Waals surface area contributed by atoms with Gasteiger partial charge in [-0.3, -0.25) is 13.9 Å². The van der Waals surface area contributed by atoms with Gasteiger partial charge in [0.05, 0.1) is 13.7 Å². The summed E-state index contributed by atoms with van der Waals surface area (Å²) in [5.74, 6) is -0.538. The van der Waals surface area contributed by atoms with Gasteiger partial charge in [0.1, 0.15) is 12.2 Å². The SMILES string of the molecule is COC(=O)/C=C1\C(CO[Si](C)(C)C(C)(C)C)OC(n2cc(C)c(=O)n(C)c2=O)C1O[Si](C)(C)C(C)(C)C. The van der Waals surface area contributed by atoms with Gasteiger partial charge in [-0.1, -0.05) is 41.5 Å². The lowest BCUT2D eigenvalue weighted by Crippen LogP contribution is -2.48. The number of aryl methyl sites for hydroxylation is 1. The molecule has 37 heavy (non-hydrogen) atoms. The first-order valence-electron chi connectivity index (χ1n) is 12.7. The molecule has 0 amide bonds. The second-order valence-corrected chi connectivity index (χ2v) is 22.5. The monoisotopic (exact) mass is 554 g/mol. The van der Waals surface area contributed by atoms with E-state index in [1.54, 1.807) is 6.92 Å². The van der Waals surface area contributed by atoms with Crippen LogP contribution in [0.2, 0.25) is 36.3 Å². The maximum Gasteiger partial charge on any atom is 0.332 e. The molecule has 1 aromatic rings. The Kier molecular flexibility index (Phi) is 9.14. The molecular formula is C26H46N2O7Si2. The summed E-state index contributed by atoms with van der Waals surface area (Å²) in [6.45, 7) is 23.2. The van der Waals surface area contributed by atoms with E-state index >= 15 is 0 Å². The van der Waals surface area contributed by atoms with Crippen molar-refractivity contribution in [3.63, 3.8) is 0 Å². The summed E-state index contributed by atoms with van der Waals surface area (Å²) >= 11 is 0. The lowest BCUT2D eigenvalue weighted by atomic mass is 10.1. The van der Waals surface area contributed by atoms with Crippen molar-refractivity contribution in [3.05, 3.63) is 44.2 Å². The number of aromatic nitrogens is 2. The molecule has 2 rings (SSSR count). The van der Waals surface area contributed by atoms with Crippen molar-refractivity contribution >= 4 is 22.6 Å². The second-order valence-electron chi connectivity index (χ2n) is 12.9. The van der Waals surface area contributed by atoms with Crippen molar-refractivity contribution < 1.29 is 23.1 Å². The molecular weight excluding hydrogens is 508 g/mol. The van der Waals surface area contributed by atoms with Crippen LogP contribution in [-0.2, 0) is 30.2 Å². The van der Waals surface area contributed by atoms with E-state index in [-0.39, 0.29) is 22.2 Å². The average molecular weight is 555 g/mol. The summed E-state index contributed by atoms with van der Waals surface area (Å²) in [5.41, 5.74) is 0.0760. The van der Waals surface area contributed by atoms with Crippen molar-refractivity contribution in [1.29, 1.82) is 0 Å². The molecule has 210 valence electrons. The molecule has 0 aliphatic carbocycles. The number of hydrogen-bond donors (Lipinski definition) is 0. The van der Waals surface area contributed by atoms with Crippen LogP contribution in [0.15, 0.2) is 27.4 Å². The van der Waals surface area contributed by atoms with Gasteiger partial charge in [-0.05, 0) is 48.8 Å². The number of carbonyl (C=O) groups excluding carboxylic acids is 1. The topological polar surface area (TPSA) is 98.0 Å². The molecule has 2 heterocycles. The smallest absolute Gasteiger partial charge is 0.332 e. The van der Waals surface area contributed by atoms with Gasteiger partial charge >= 0.3 is 11.7 Å². The Morgan fingerprint density at radius 1 is 1.05 bits per heavy atom. The van der Waals surface area contributed by atoms with Crippen molar-refractivity contribution in [2.75, 3.05) is 13.7 Å². The first kappa shape index (κ1) is 31.4. The van der Waals surface area contributed by atoms with Gasteiger partial charge < -0.3 is 18.3 Å². The predicted molar refractivity (Wildman–Crippen MR) is 150 cm³/mol. The van der Waals surface area contributed by atoms with E-state index < -0.39 is 46.7 Å². The average Bonchev–Trinajstić information content (AvgIpc) is 3.07. The van der Waals surface area contributed by atoms with E-state index in [0.29, 0.717) is 11.1 Å². The fraction of sp³-hybridized carbons (Fsp3) is 0.731. The Hall–Kier alpha value is -1.80. The van der Waals surface area contributed by atoms with Crippen LogP contribution < -0.4 is 11.2 Å². The highest BCUT2D eigenvalue weighted by atomic mass is 28.4. The number of nitrogens with zero attached hydrogens (tertiary/aromatic N) is 2. The number of ether oxygens (including phenoxy) is 2. The van der Waals surface area contributed by atoms with Gasteiger partial charge in [-0.2, -0.15) is 0 Å². The molecule has 0 aromatic carbocycles. The highest BCUT2D eigenvalue weighted by Gasteiger charge is 2.49. The molecule has 0 N–H and O–H groups in total. The fourth-order valence-corrected chi connectivity index (χ4v) is 5.77. The fourth-order valence-electron chi connectivity index (χ4n) is 3.53. The summed E-state index contributed by atoms with van der Waals surface area (Å²) in [7, 11) is -1.81. The lowest BCUT2D eigenvalue weighted by Gasteiger charge is -2.39. The molecule has 0 spiro atoms. The van der Waals surface area contributed by atoms with Crippen molar-refractivity contribution in [3.8, 4) is 0 Å². The van der Waals surface area contributed by atoms with Crippen LogP contribution in [0.1, 0.15) is 53.3 Å². The zero-order valence-electron chi connectivity index (χ0n) is 24.8. The molecule has 1 aromatic heterocycles. The van der Waals surface area contributed by atoms with E-state index in [1.807, 2.05) is 0 Å². The van der Waals surface area contributed by atoms with Gasteiger partial charge in [0, 0.05) is 24.9 Å². The normalized spacial score (nSPS) is 22.5. The van der Waals surface area contributed by atoms with Crippen molar-refractivity contribution in [2.45, 2.75) is 103 Å². The molecule has 1 saturated heterocycles. The van der Waals surface area contributed by atoms with Gasteiger partial charge in [0.2, 0.25) is 0 Å². The zero-order valence-corrected chi connectivity index (χ0v) is 26.8. The molecule has 1 aliphatic rings. The van der Waals surface area contributed by atoms with Crippen LogP contribution in [0.3, 0.4) is 0 Å². The van der Waals surface area contributed by atoms with Gasteiger partial charge in [0.25, 0.3) is 5.56 Å². The molecule has 1 fully saturated rings. The largest absolute Gasteiger partial charge is 0.466 e. The van der Waals surface area contributed by atoms with Crippen LogP contribution in [0.25, 0.3) is 0 Å². The second kappa shape index (κ2) is 10.8. The summed E-state index contributed by atoms with van der Waals surface area (Å²) < 4.78 is 27.2. The van der Waals surface area contributed by atoms with E-state index in [9.17, 15) is 14.4 Å². The molecule has 0 bridgehead atoms. The highest BCUT2D eigenvalue weighted by molar-refractivity contribution is 6.74. The van der Waals surface area contributed by atoms with Gasteiger partial charge in [-0.25, -0.2) is 9.59 Å². The Morgan fingerprint density at radius 2 is 1.59 bits per heavy atom. The number of carbonyl (C=O) groups is 1. The predicted octanol–water partition coefficient (Wildman–Crippen LogP) is 4.26. The third-order valence-corrected chi connectivity index (χ3v) is 17.1. The standard InChI is InChI=1S/C26H46N2O7Si2/c1-17-15-28(24(31)27(8)22(17)30)23-21(35-37(12,13)26(5,6)7)18(14-20(29)32-9)19(34-23)16-33-36(10,11)25(2,3)4/h14-15,19,21,23H,16H2,1-13H3/b18-14+. The quantitative estimate of drug-likeness (QED) is 0.282. The minimum atomic E-state index is -2.41. The Balaban J connectivity index is 2.71. The third-order valence-electron chi connectivity index (χ3n) is 8.13. The van der Waals surface area contributed by atoms with Crippen molar-refractivity contribution in [2.24, 2.45) is 7.05 Å². The van der Waals surface area contributed by atoms with Gasteiger partial charge in [-0.15, -0.1) is 0 Å². The van der Waals surface area contributed by atoms with Crippen LogP contribution in [0.5, 0.6) is 0 Å². The first-order chi connectivity index (χ1) is 16.6. The van der Waals surface area contributed by atoms with Gasteiger partial charge in [0.15, 0.2) is 22.9 Å². The molecule has 3 atom stereocenters. The van der Waals surface area contributed by atoms with E-state index in [0.717, 1.165) is 4.57 Å². The molecule has 0 saturated carbocycles. The molecule has 3 unspecified atom stereocenters. The summed E-state index contributed by atoms with van der Waals surface area (Å²) in [6, 6.07) is 0. The lowest BCUT2D eigenvalue weighted by molar-refractivity contribution is -0.135.